The smallest absolute Gasteiger partial charge is 0.193 e. The maximum Gasteiger partial charge on any atom is 0.193 e. The van der Waals surface area contributed by atoms with Crippen LogP contribution in [-0.2, 0) is 24.1 Å². The number of aryl methyl sites for hydroxylation is 2. The number of benzene rings is 1. The molecule has 1 unspecified atom stereocenters. The van der Waals surface area contributed by atoms with Crippen LogP contribution in [0.2, 0.25) is 0 Å². The third kappa shape index (κ3) is 4.67. The van der Waals surface area contributed by atoms with E-state index in [1.165, 1.54) is 24.0 Å². The number of guanidine groups is 1. The van der Waals surface area contributed by atoms with Crippen LogP contribution in [-0.4, -0.2) is 18.1 Å². The van der Waals surface area contributed by atoms with E-state index in [2.05, 4.69) is 33.5 Å². The molecule has 0 bridgehead atoms. The zero-order valence-electron chi connectivity index (χ0n) is 13.9. The molecule has 3 rings (SSSR count). The molecule has 24 heavy (non-hydrogen) atoms. The zero-order chi connectivity index (χ0) is 16.2. The minimum absolute atomic E-state index is 0. The van der Waals surface area contributed by atoms with E-state index in [-0.39, 0.29) is 30.1 Å². The number of methoxy groups -OCH3 is 1. The van der Waals surface area contributed by atoms with E-state index in [4.69, 9.17) is 10.5 Å². The summed E-state index contributed by atoms with van der Waals surface area (Å²) in [6.07, 6.45) is 3.60. The third-order valence-electron chi connectivity index (χ3n) is 4.05. The molecule has 1 aliphatic rings. The molecule has 1 aromatic heterocycles. The van der Waals surface area contributed by atoms with Gasteiger partial charge in [0.1, 0.15) is 11.1 Å². The number of aromatic nitrogens is 1. The molecule has 5 nitrogen and oxygen atoms in total. The maximum atomic E-state index is 5.98. The highest BCUT2D eigenvalue weighted by Gasteiger charge is 2.11. The molecule has 130 valence electrons. The molecule has 2 aromatic rings. The summed E-state index contributed by atoms with van der Waals surface area (Å²) < 4.78 is 5.27. The van der Waals surface area contributed by atoms with Gasteiger partial charge >= 0.3 is 0 Å². The van der Waals surface area contributed by atoms with Crippen molar-refractivity contribution in [2.75, 3.05) is 12.4 Å². The fourth-order valence-electron chi connectivity index (χ4n) is 2.69. The van der Waals surface area contributed by atoms with Crippen LogP contribution in [0.4, 0.5) is 5.69 Å². The van der Waals surface area contributed by atoms with Crippen LogP contribution in [0, 0.1) is 0 Å². The van der Waals surface area contributed by atoms with Crippen LogP contribution in [0.25, 0.3) is 0 Å². The minimum Gasteiger partial charge on any atom is -0.375 e. The van der Waals surface area contributed by atoms with Crippen LogP contribution in [0.3, 0.4) is 0 Å². The highest BCUT2D eigenvalue weighted by atomic mass is 127. The van der Waals surface area contributed by atoms with Gasteiger partial charge in [-0.3, -0.25) is 0 Å². The molecule has 1 aliphatic carbocycles. The van der Waals surface area contributed by atoms with E-state index in [0.29, 0.717) is 12.5 Å². The zero-order valence-corrected chi connectivity index (χ0v) is 17.1. The number of anilines is 1. The van der Waals surface area contributed by atoms with Gasteiger partial charge in [0.2, 0.25) is 0 Å². The average molecular weight is 458 g/mol. The number of ether oxygens (including phenoxy) is 1. The van der Waals surface area contributed by atoms with Gasteiger partial charge in [0.05, 0.1) is 12.2 Å². The SMILES string of the molecule is COC(C)c1nc(CN=C(N)Nc2ccc3c(c2)CCC3)cs1.I. The van der Waals surface area contributed by atoms with Gasteiger partial charge in [0, 0.05) is 18.2 Å². The Balaban J connectivity index is 0.00000208. The first kappa shape index (κ1) is 19.1. The van der Waals surface area contributed by atoms with E-state index in [0.717, 1.165) is 22.8 Å². The number of hydrogen-bond donors (Lipinski definition) is 2. The summed E-state index contributed by atoms with van der Waals surface area (Å²) >= 11 is 1.58. The molecule has 1 aromatic carbocycles. The molecule has 0 saturated heterocycles. The van der Waals surface area contributed by atoms with Crippen LogP contribution in [0.1, 0.15) is 41.3 Å². The second-order valence-electron chi connectivity index (χ2n) is 5.72. The van der Waals surface area contributed by atoms with Crippen molar-refractivity contribution in [3.63, 3.8) is 0 Å². The first-order valence-electron chi connectivity index (χ1n) is 7.81. The Hall–Kier alpha value is -1.19. The van der Waals surface area contributed by atoms with Crippen LogP contribution in [0.5, 0.6) is 0 Å². The van der Waals surface area contributed by atoms with Gasteiger partial charge in [-0.05, 0) is 49.4 Å². The normalized spacial score (nSPS) is 14.8. The topological polar surface area (TPSA) is 72.5 Å². The van der Waals surface area contributed by atoms with Gasteiger partial charge < -0.3 is 15.8 Å². The summed E-state index contributed by atoms with van der Waals surface area (Å²) in [7, 11) is 1.68. The number of halogens is 1. The van der Waals surface area contributed by atoms with Gasteiger partial charge in [-0.2, -0.15) is 0 Å². The summed E-state index contributed by atoms with van der Waals surface area (Å²) in [5.74, 6) is 0.414. The maximum absolute atomic E-state index is 5.98. The Labute approximate surface area is 163 Å². The average Bonchev–Trinajstić information content (AvgIpc) is 3.20. The van der Waals surface area contributed by atoms with E-state index in [9.17, 15) is 0 Å². The number of rotatable bonds is 5. The Morgan fingerprint density at radius 2 is 2.21 bits per heavy atom. The van der Waals surface area contributed by atoms with Crippen LogP contribution < -0.4 is 11.1 Å². The Bertz CT molecular complexity index is 716. The lowest BCUT2D eigenvalue weighted by atomic mass is 10.1. The van der Waals surface area contributed by atoms with Crippen LogP contribution >= 0.6 is 35.3 Å². The molecular weight excluding hydrogens is 435 g/mol. The largest absolute Gasteiger partial charge is 0.375 e. The molecule has 7 heteroatoms. The number of thiazole rings is 1. The molecule has 0 radical (unpaired) electrons. The van der Waals surface area contributed by atoms with Crippen LogP contribution in [0.15, 0.2) is 28.6 Å². The standard InChI is InChI=1S/C17H22N4OS.HI/c1-11(22-2)16-20-15(10-23-16)9-19-17(18)21-14-7-6-12-4-3-5-13(12)8-14;/h6-8,10-11H,3-5,9H2,1-2H3,(H3,18,19,21);1H. The number of nitrogens with one attached hydrogen (secondary N) is 1. The lowest BCUT2D eigenvalue weighted by Gasteiger charge is -2.07. The Morgan fingerprint density at radius 3 is 3.00 bits per heavy atom. The monoisotopic (exact) mass is 458 g/mol. The summed E-state index contributed by atoms with van der Waals surface area (Å²) in [6.45, 7) is 2.45. The summed E-state index contributed by atoms with van der Waals surface area (Å²) in [5, 5.41) is 6.12. The van der Waals surface area contributed by atoms with Gasteiger partial charge in [-0.15, -0.1) is 35.3 Å². The highest BCUT2D eigenvalue weighted by Crippen LogP contribution is 2.25. The van der Waals surface area contributed by atoms with Crippen molar-refractivity contribution < 1.29 is 4.74 Å². The van der Waals surface area contributed by atoms with Crippen molar-refractivity contribution in [1.29, 1.82) is 0 Å². The molecular formula is C17H23IN4OS. The first-order chi connectivity index (χ1) is 11.2. The van der Waals surface area contributed by atoms with E-state index < -0.39 is 0 Å². The lowest BCUT2D eigenvalue weighted by molar-refractivity contribution is 0.119. The van der Waals surface area contributed by atoms with E-state index >= 15 is 0 Å². The molecule has 0 amide bonds. The second kappa shape index (κ2) is 8.77. The van der Waals surface area contributed by atoms with Crippen molar-refractivity contribution in [3.05, 3.63) is 45.4 Å². The summed E-state index contributed by atoms with van der Waals surface area (Å²) in [5.41, 5.74) is 10.8. The second-order valence-corrected chi connectivity index (χ2v) is 6.61. The summed E-state index contributed by atoms with van der Waals surface area (Å²) in [6, 6.07) is 6.41. The molecule has 3 N–H and O–H groups in total. The van der Waals surface area contributed by atoms with Crippen molar-refractivity contribution >= 4 is 47.0 Å². The fraction of sp³-hybridized carbons (Fsp3) is 0.412. The molecule has 1 heterocycles. The fourth-order valence-corrected chi connectivity index (χ4v) is 3.53. The molecule has 0 saturated carbocycles. The van der Waals surface area contributed by atoms with Crippen molar-refractivity contribution in [3.8, 4) is 0 Å². The van der Waals surface area contributed by atoms with Crippen molar-refractivity contribution in [2.24, 2.45) is 10.7 Å². The number of nitrogens with zero attached hydrogens (tertiary/aromatic N) is 2. The lowest BCUT2D eigenvalue weighted by Crippen LogP contribution is -2.22. The molecule has 0 aliphatic heterocycles. The Morgan fingerprint density at radius 1 is 1.42 bits per heavy atom. The van der Waals surface area contributed by atoms with E-state index in [1.54, 1.807) is 18.4 Å². The quantitative estimate of drug-likeness (QED) is 0.405. The number of fused-ring (bicyclic) bond motifs is 1. The predicted molar refractivity (Wildman–Crippen MR) is 110 cm³/mol. The first-order valence-corrected chi connectivity index (χ1v) is 8.69. The predicted octanol–water partition coefficient (Wildman–Crippen LogP) is 3.88. The van der Waals surface area contributed by atoms with Gasteiger partial charge in [-0.1, -0.05) is 6.07 Å². The summed E-state index contributed by atoms with van der Waals surface area (Å²) in [4.78, 5) is 8.88. The minimum atomic E-state index is 0. The van der Waals surface area contributed by atoms with E-state index in [1.807, 2.05) is 12.3 Å². The number of nitrogens with two attached hydrogens (primary N) is 1. The molecule has 0 spiro atoms. The van der Waals surface area contributed by atoms with Crippen molar-refractivity contribution in [1.82, 2.24) is 4.98 Å². The molecule has 1 atom stereocenters. The van der Waals surface area contributed by atoms with Gasteiger partial charge in [-0.25, -0.2) is 9.98 Å². The van der Waals surface area contributed by atoms with Gasteiger partial charge in [0.25, 0.3) is 0 Å². The van der Waals surface area contributed by atoms with Crippen molar-refractivity contribution in [2.45, 2.75) is 38.8 Å². The third-order valence-corrected chi connectivity index (χ3v) is 5.11. The highest BCUT2D eigenvalue weighted by molar-refractivity contribution is 14.0. The number of aliphatic imine (C=N–C) groups is 1. The number of hydrogen-bond acceptors (Lipinski definition) is 4. The molecule has 0 fully saturated rings. The van der Waals surface area contributed by atoms with Gasteiger partial charge in [0.15, 0.2) is 5.96 Å². The Kier molecular flexibility index (Phi) is 7.00.